The summed E-state index contributed by atoms with van der Waals surface area (Å²) in [6.07, 6.45) is 4.23. The lowest BCUT2D eigenvalue weighted by Gasteiger charge is -2.32. The number of rotatable bonds is 4. The predicted octanol–water partition coefficient (Wildman–Crippen LogP) is 2.47. The molecule has 0 aromatic carbocycles. The molecule has 3 rings (SSSR count). The molecule has 0 saturated carbocycles. The van der Waals surface area contributed by atoms with Crippen LogP contribution in [-0.2, 0) is 14.0 Å². The fourth-order valence-corrected chi connectivity index (χ4v) is 3.57. The molecule has 2 aliphatic rings. The Morgan fingerprint density at radius 1 is 1.23 bits per heavy atom. The molecule has 0 aliphatic carbocycles. The zero-order valence-electron chi connectivity index (χ0n) is 19.6. The van der Waals surface area contributed by atoms with Crippen LogP contribution in [0, 0.1) is 5.92 Å². The number of hydrogen-bond acceptors (Lipinski definition) is 7. The second-order valence-corrected chi connectivity index (χ2v) is 10.4. The van der Waals surface area contributed by atoms with Crippen LogP contribution in [0.2, 0.25) is 0 Å². The topological polar surface area (TPSA) is 77.0 Å². The summed E-state index contributed by atoms with van der Waals surface area (Å²) in [5.74, 6) is 1.000. The zero-order chi connectivity index (χ0) is 22.3. The maximum atomic E-state index is 12.3. The lowest BCUT2D eigenvalue weighted by molar-refractivity contribution is 0.00578. The van der Waals surface area contributed by atoms with Crippen LogP contribution in [0.5, 0.6) is 0 Å². The minimum absolute atomic E-state index is 0.240. The summed E-state index contributed by atoms with van der Waals surface area (Å²) < 4.78 is 17.6. The highest BCUT2D eigenvalue weighted by Gasteiger charge is 2.52. The van der Waals surface area contributed by atoms with E-state index >= 15 is 0 Å². The van der Waals surface area contributed by atoms with Gasteiger partial charge in [0, 0.05) is 44.5 Å². The SMILES string of the molecule is CN(C[C@H]1CCN(C(=O)OC(C)(C)C)C1)c1ncc(B2OC(C)(C)C(C)(C)O2)cn1. The fourth-order valence-electron chi connectivity index (χ4n) is 3.57. The highest BCUT2D eigenvalue weighted by molar-refractivity contribution is 6.61. The third-order valence-electron chi connectivity index (χ3n) is 5.99. The number of likely N-dealkylation sites (tertiary alicyclic amines) is 1. The molecule has 0 N–H and O–H groups in total. The van der Waals surface area contributed by atoms with Crippen LogP contribution in [0.15, 0.2) is 12.4 Å². The average molecular weight is 418 g/mol. The molecule has 1 aromatic rings. The van der Waals surface area contributed by atoms with Crippen molar-refractivity contribution in [3.05, 3.63) is 12.4 Å². The van der Waals surface area contributed by atoms with Crippen molar-refractivity contribution in [3.8, 4) is 0 Å². The molecule has 9 heteroatoms. The highest BCUT2D eigenvalue weighted by Crippen LogP contribution is 2.36. The maximum absolute atomic E-state index is 12.3. The van der Waals surface area contributed by atoms with Gasteiger partial charge >= 0.3 is 13.2 Å². The van der Waals surface area contributed by atoms with Gasteiger partial charge in [-0.05, 0) is 60.8 Å². The van der Waals surface area contributed by atoms with Crippen molar-refractivity contribution in [2.24, 2.45) is 5.92 Å². The Bertz CT molecular complexity index is 747. The van der Waals surface area contributed by atoms with Crippen LogP contribution in [0.1, 0.15) is 54.9 Å². The van der Waals surface area contributed by atoms with Crippen molar-refractivity contribution in [1.82, 2.24) is 14.9 Å². The summed E-state index contributed by atoms with van der Waals surface area (Å²) in [6, 6.07) is 0. The first-order valence-electron chi connectivity index (χ1n) is 10.6. The Morgan fingerprint density at radius 2 is 1.80 bits per heavy atom. The van der Waals surface area contributed by atoms with E-state index in [1.54, 1.807) is 17.3 Å². The van der Waals surface area contributed by atoms with Crippen molar-refractivity contribution in [3.63, 3.8) is 0 Å². The van der Waals surface area contributed by atoms with Crippen molar-refractivity contribution >= 4 is 24.6 Å². The standard InChI is InChI=1S/C21H35BN4O4/c1-19(2,3)28-18(27)26-10-9-15(14-26)13-25(8)17-23-11-16(12-24-17)22-29-20(4,5)21(6,7)30-22/h11-12,15H,9-10,13-14H2,1-8H3/t15-/m1/s1. The minimum atomic E-state index is -0.473. The molecule has 1 amide bonds. The normalized spacial score (nSPS) is 23.0. The molecule has 2 fully saturated rings. The Hall–Kier alpha value is -1.87. The monoisotopic (exact) mass is 418 g/mol. The molecule has 1 atom stereocenters. The number of ether oxygens (including phenoxy) is 1. The first kappa shape index (κ1) is 22.8. The molecule has 0 unspecified atom stereocenters. The first-order chi connectivity index (χ1) is 13.8. The number of hydrogen-bond donors (Lipinski definition) is 0. The largest absolute Gasteiger partial charge is 0.498 e. The average Bonchev–Trinajstić information content (AvgIpc) is 3.16. The number of carbonyl (C=O) groups is 1. The van der Waals surface area contributed by atoms with Gasteiger partial charge in [0.1, 0.15) is 5.60 Å². The molecule has 3 heterocycles. The highest BCUT2D eigenvalue weighted by atomic mass is 16.7. The van der Waals surface area contributed by atoms with Gasteiger partial charge in [0.15, 0.2) is 0 Å². The second-order valence-electron chi connectivity index (χ2n) is 10.4. The second kappa shape index (κ2) is 8.00. The van der Waals surface area contributed by atoms with Crippen molar-refractivity contribution < 1.29 is 18.8 Å². The van der Waals surface area contributed by atoms with E-state index < -0.39 is 23.9 Å². The molecule has 2 saturated heterocycles. The van der Waals surface area contributed by atoms with E-state index in [4.69, 9.17) is 14.0 Å². The molecule has 1 aromatic heterocycles. The van der Waals surface area contributed by atoms with E-state index in [9.17, 15) is 4.79 Å². The van der Waals surface area contributed by atoms with Crippen LogP contribution in [0.4, 0.5) is 10.7 Å². The summed E-state index contributed by atoms with van der Waals surface area (Å²) in [6.45, 7) is 15.9. The van der Waals surface area contributed by atoms with Crippen molar-refractivity contribution in [2.75, 3.05) is 31.6 Å². The molecule has 30 heavy (non-hydrogen) atoms. The van der Waals surface area contributed by atoms with Crippen LogP contribution < -0.4 is 10.4 Å². The van der Waals surface area contributed by atoms with Crippen LogP contribution >= 0.6 is 0 Å². The zero-order valence-corrected chi connectivity index (χ0v) is 19.6. The summed E-state index contributed by atoms with van der Waals surface area (Å²) in [4.78, 5) is 25.1. The van der Waals surface area contributed by atoms with Crippen LogP contribution in [0.25, 0.3) is 0 Å². The lowest BCUT2D eigenvalue weighted by Crippen LogP contribution is -2.41. The number of amides is 1. The Kier molecular flexibility index (Phi) is 6.08. The van der Waals surface area contributed by atoms with E-state index in [1.807, 2.05) is 60.4 Å². The molecule has 8 nitrogen and oxygen atoms in total. The fraction of sp³-hybridized carbons (Fsp3) is 0.762. The molecular weight excluding hydrogens is 383 g/mol. The molecule has 166 valence electrons. The van der Waals surface area contributed by atoms with Gasteiger partial charge in [-0.15, -0.1) is 0 Å². The van der Waals surface area contributed by atoms with Gasteiger partial charge in [-0.2, -0.15) is 0 Å². The summed E-state index contributed by atoms with van der Waals surface area (Å²) in [5.41, 5.74) is -0.452. The van der Waals surface area contributed by atoms with Crippen LogP contribution in [0.3, 0.4) is 0 Å². The Labute approximate surface area is 180 Å². The van der Waals surface area contributed by atoms with E-state index in [2.05, 4.69) is 9.97 Å². The number of carbonyl (C=O) groups excluding carboxylic acids is 1. The lowest BCUT2D eigenvalue weighted by atomic mass is 9.81. The molecular formula is C21H35BN4O4. The third-order valence-corrected chi connectivity index (χ3v) is 5.99. The molecule has 0 radical (unpaired) electrons. The van der Waals surface area contributed by atoms with E-state index in [0.717, 1.165) is 25.0 Å². The van der Waals surface area contributed by atoms with E-state index in [0.29, 0.717) is 18.4 Å². The number of aromatic nitrogens is 2. The van der Waals surface area contributed by atoms with Gasteiger partial charge in [0.2, 0.25) is 5.95 Å². The number of anilines is 1. The summed E-state index contributed by atoms with van der Waals surface area (Å²) >= 11 is 0. The van der Waals surface area contributed by atoms with Crippen molar-refractivity contribution in [1.29, 1.82) is 0 Å². The van der Waals surface area contributed by atoms with Gasteiger partial charge in [0.25, 0.3) is 0 Å². The van der Waals surface area contributed by atoms with E-state index in [1.165, 1.54) is 0 Å². The van der Waals surface area contributed by atoms with Gasteiger partial charge in [0.05, 0.1) is 11.2 Å². The van der Waals surface area contributed by atoms with Crippen molar-refractivity contribution in [2.45, 2.75) is 71.7 Å². The first-order valence-corrected chi connectivity index (χ1v) is 10.6. The quantitative estimate of drug-likeness (QED) is 0.696. The molecule has 0 bridgehead atoms. The molecule has 2 aliphatic heterocycles. The predicted molar refractivity (Wildman–Crippen MR) is 117 cm³/mol. The van der Waals surface area contributed by atoms with Gasteiger partial charge in [-0.3, -0.25) is 0 Å². The summed E-state index contributed by atoms with van der Waals surface area (Å²) in [7, 11) is 1.51. The van der Waals surface area contributed by atoms with Gasteiger partial charge in [-0.25, -0.2) is 14.8 Å². The van der Waals surface area contributed by atoms with Gasteiger partial charge in [-0.1, -0.05) is 0 Å². The third kappa shape index (κ3) is 5.06. The Morgan fingerprint density at radius 3 is 2.33 bits per heavy atom. The summed E-state index contributed by atoms with van der Waals surface area (Å²) in [5, 5.41) is 0. The smallest absolute Gasteiger partial charge is 0.444 e. The molecule has 0 spiro atoms. The van der Waals surface area contributed by atoms with Crippen LogP contribution in [-0.4, -0.2) is 71.6 Å². The van der Waals surface area contributed by atoms with E-state index in [-0.39, 0.29) is 6.09 Å². The van der Waals surface area contributed by atoms with Gasteiger partial charge < -0.3 is 23.8 Å². The Balaban J connectivity index is 1.55. The minimum Gasteiger partial charge on any atom is -0.444 e. The number of nitrogens with zero attached hydrogens (tertiary/aromatic N) is 4. The maximum Gasteiger partial charge on any atom is 0.498 e.